The van der Waals surface area contributed by atoms with E-state index in [1.165, 1.54) is 11.3 Å². The van der Waals surface area contributed by atoms with Crippen LogP contribution in [0.4, 0.5) is 0 Å². The molecule has 0 fully saturated rings. The van der Waals surface area contributed by atoms with Gasteiger partial charge in [0.05, 0.1) is 23.4 Å². The van der Waals surface area contributed by atoms with Crippen LogP contribution in [-0.4, -0.2) is 36.6 Å². The minimum absolute atomic E-state index is 0.102. The first kappa shape index (κ1) is 15.9. The van der Waals surface area contributed by atoms with Gasteiger partial charge in [-0.25, -0.2) is 9.78 Å². The van der Waals surface area contributed by atoms with Crippen molar-refractivity contribution in [3.63, 3.8) is 0 Å². The van der Waals surface area contributed by atoms with E-state index >= 15 is 0 Å². The molecule has 0 radical (unpaired) electrons. The van der Waals surface area contributed by atoms with Crippen molar-refractivity contribution in [2.75, 3.05) is 19.8 Å². The van der Waals surface area contributed by atoms with E-state index in [9.17, 15) is 9.59 Å². The van der Waals surface area contributed by atoms with Crippen LogP contribution in [0, 0.1) is 12.3 Å². The fourth-order valence-corrected chi connectivity index (χ4v) is 2.50. The van der Waals surface area contributed by atoms with E-state index in [2.05, 4.69) is 16.2 Å². The second kappa shape index (κ2) is 8.12. The summed E-state index contributed by atoms with van der Waals surface area (Å²) in [6.07, 6.45) is 4.98. The average Bonchev–Trinajstić information content (AvgIpc) is 2.93. The summed E-state index contributed by atoms with van der Waals surface area (Å²) >= 11 is 1.51. The number of amides is 1. The van der Waals surface area contributed by atoms with Gasteiger partial charge in [0.1, 0.15) is 11.6 Å². The van der Waals surface area contributed by atoms with E-state index in [1.54, 1.807) is 0 Å². The molecule has 2 rings (SSSR count). The van der Waals surface area contributed by atoms with Gasteiger partial charge in [-0.3, -0.25) is 4.79 Å². The Morgan fingerprint density at radius 3 is 2.91 bits per heavy atom. The van der Waals surface area contributed by atoms with Crippen molar-refractivity contribution in [1.82, 2.24) is 10.3 Å². The number of nitrogens with zero attached hydrogens (tertiary/aromatic N) is 1. The largest absolute Gasteiger partial charge is 0.454 e. The number of hydrogen-bond donors (Lipinski definition) is 1. The lowest BCUT2D eigenvalue weighted by Crippen LogP contribution is -2.29. The zero-order valence-electron chi connectivity index (χ0n) is 11.7. The lowest BCUT2D eigenvalue weighted by Gasteiger charge is -2.04. The third-order valence-corrected chi connectivity index (χ3v) is 3.55. The van der Waals surface area contributed by atoms with Crippen LogP contribution in [0.15, 0.2) is 24.3 Å². The lowest BCUT2D eigenvalue weighted by molar-refractivity contribution is -0.153. The van der Waals surface area contributed by atoms with Crippen LogP contribution in [0.25, 0.3) is 10.2 Å². The number of ether oxygens (including phenoxy) is 2. The molecule has 2 aromatic rings. The molecule has 0 bridgehead atoms. The van der Waals surface area contributed by atoms with Gasteiger partial charge in [-0.15, -0.1) is 17.8 Å². The van der Waals surface area contributed by atoms with Crippen molar-refractivity contribution in [2.24, 2.45) is 0 Å². The Labute approximate surface area is 131 Å². The van der Waals surface area contributed by atoms with Gasteiger partial charge in [0, 0.05) is 0 Å². The summed E-state index contributed by atoms with van der Waals surface area (Å²) in [6, 6.07) is 7.74. The molecule has 7 heteroatoms. The summed E-state index contributed by atoms with van der Waals surface area (Å²) in [6.45, 7) is -0.286. The van der Waals surface area contributed by atoms with Crippen LogP contribution >= 0.6 is 11.3 Å². The molecule has 0 saturated carbocycles. The van der Waals surface area contributed by atoms with E-state index in [4.69, 9.17) is 15.9 Å². The highest BCUT2D eigenvalue weighted by atomic mass is 32.1. The molecule has 22 heavy (non-hydrogen) atoms. The number of rotatable bonds is 7. The zero-order valence-corrected chi connectivity index (χ0v) is 12.5. The van der Waals surface area contributed by atoms with Crippen LogP contribution in [0.2, 0.25) is 0 Å². The van der Waals surface area contributed by atoms with Crippen molar-refractivity contribution in [1.29, 1.82) is 0 Å². The number of fused-ring (bicyclic) bond motifs is 1. The normalized spacial score (nSPS) is 10.1. The Kier molecular flexibility index (Phi) is 5.89. The second-order valence-electron chi connectivity index (χ2n) is 4.21. The van der Waals surface area contributed by atoms with Gasteiger partial charge in [0.2, 0.25) is 0 Å². The van der Waals surface area contributed by atoms with Gasteiger partial charge < -0.3 is 14.8 Å². The van der Waals surface area contributed by atoms with Crippen LogP contribution in [0.5, 0.6) is 0 Å². The highest BCUT2D eigenvalue weighted by Crippen LogP contribution is 2.21. The number of terminal acetylenes is 1. The van der Waals surface area contributed by atoms with Crippen LogP contribution in [0.1, 0.15) is 5.01 Å². The van der Waals surface area contributed by atoms with Gasteiger partial charge in [0.15, 0.2) is 6.61 Å². The summed E-state index contributed by atoms with van der Waals surface area (Å²) in [7, 11) is 0. The van der Waals surface area contributed by atoms with Crippen molar-refractivity contribution in [2.45, 2.75) is 6.61 Å². The number of para-hydroxylation sites is 1. The van der Waals surface area contributed by atoms with Crippen molar-refractivity contribution < 1.29 is 19.1 Å². The molecular weight excluding hydrogens is 304 g/mol. The van der Waals surface area contributed by atoms with Crippen molar-refractivity contribution in [3.05, 3.63) is 29.3 Å². The number of nitrogens with one attached hydrogen (secondary N) is 1. The van der Waals surface area contributed by atoms with Crippen LogP contribution < -0.4 is 5.32 Å². The third-order valence-electron chi connectivity index (χ3n) is 2.54. The molecule has 114 valence electrons. The van der Waals surface area contributed by atoms with E-state index in [-0.39, 0.29) is 26.4 Å². The predicted molar refractivity (Wildman–Crippen MR) is 82.1 cm³/mol. The number of benzene rings is 1. The van der Waals surface area contributed by atoms with E-state index in [0.717, 1.165) is 15.2 Å². The fourth-order valence-electron chi connectivity index (χ4n) is 1.59. The highest BCUT2D eigenvalue weighted by Gasteiger charge is 2.08. The highest BCUT2D eigenvalue weighted by molar-refractivity contribution is 7.18. The minimum atomic E-state index is -0.614. The number of hydrogen-bond acceptors (Lipinski definition) is 6. The fraction of sp³-hybridized carbons (Fsp3) is 0.267. The molecule has 1 amide bonds. The summed E-state index contributed by atoms with van der Waals surface area (Å²) in [5, 5.41) is 3.16. The molecule has 0 aliphatic rings. The van der Waals surface area contributed by atoms with Gasteiger partial charge in [0.25, 0.3) is 5.91 Å². The molecule has 0 aliphatic heterocycles. The number of carbonyl (C=O) groups excluding carboxylic acids is 2. The summed E-state index contributed by atoms with van der Waals surface area (Å²) in [4.78, 5) is 26.9. The maximum absolute atomic E-state index is 11.4. The van der Waals surface area contributed by atoms with Gasteiger partial charge in [-0.05, 0) is 12.1 Å². The maximum atomic E-state index is 11.4. The maximum Gasteiger partial charge on any atom is 0.332 e. The smallest absolute Gasteiger partial charge is 0.332 e. The first-order chi connectivity index (χ1) is 10.7. The molecule has 1 aromatic heterocycles. The zero-order chi connectivity index (χ0) is 15.8. The Morgan fingerprint density at radius 2 is 2.14 bits per heavy atom. The first-order valence-electron chi connectivity index (χ1n) is 6.47. The average molecular weight is 318 g/mol. The van der Waals surface area contributed by atoms with Crippen LogP contribution in [-0.2, 0) is 25.7 Å². The van der Waals surface area contributed by atoms with Gasteiger partial charge in [-0.2, -0.15) is 0 Å². The topological polar surface area (TPSA) is 77.5 Å². The Balaban J connectivity index is 1.68. The molecular formula is C15H14N2O4S. The third kappa shape index (κ3) is 4.84. The van der Waals surface area contributed by atoms with E-state index in [0.29, 0.717) is 0 Å². The second-order valence-corrected chi connectivity index (χ2v) is 5.32. The monoisotopic (exact) mass is 318 g/mol. The number of aromatic nitrogens is 1. The summed E-state index contributed by atoms with van der Waals surface area (Å²) in [5.74, 6) is 1.19. The quantitative estimate of drug-likeness (QED) is 0.611. The SMILES string of the molecule is C#CCNC(=O)COC(=O)COCc1nc2ccccc2s1. The number of carbonyl (C=O) groups is 2. The summed E-state index contributed by atoms with van der Waals surface area (Å²) < 4.78 is 11.0. The molecule has 0 saturated heterocycles. The van der Waals surface area contributed by atoms with Gasteiger partial charge in [-0.1, -0.05) is 18.1 Å². The predicted octanol–water partition coefficient (Wildman–Crippen LogP) is 1.11. The van der Waals surface area contributed by atoms with Crippen LogP contribution in [0.3, 0.4) is 0 Å². The lowest BCUT2D eigenvalue weighted by atomic mass is 10.3. The molecule has 0 atom stereocenters. The molecule has 0 unspecified atom stereocenters. The summed E-state index contributed by atoms with van der Waals surface area (Å²) in [5.41, 5.74) is 0.902. The molecule has 1 aromatic carbocycles. The Bertz CT molecular complexity index is 672. The Hall–Kier alpha value is -2.43. The molecule has 0 spiro atoms. The molecule has 0 aliphatic carbocycles. The van der Waals surface area contributed by atoms with Crippen molar-refractivity contribution in [3.8, 4) is 12.3 Å². The standard InChI is InChI=1S/C15H14N2O4S/c1-2-7-16-13(18)8-21-15(19)10-20-9-14-17-11-5-3-4-6-12(11)22-14/h1,3-6H,7-10H2,(H,16,18). The molecule has 6 nitrogen and oxygen atoms in total. The van der Waals surface area contributed by atoms with Gasteiger partial charge >= 0.3 is 5.97 Å². The Morgan fingerprint density at radius 1 is 1.32 bits per heavy atom. The minimum Gasteiger partial charge on any atom is -0.454 e. The molecule has 1 heterocycles. The number of thiazole rings is 1. The van der Waals surface area contributed by atoms with E-state index in [1.807, 2.05) is 24.3 Å². The van der Waals surface area contributed by atoms with E-state index < -0.39 is 11.9 Å². The number of esters is 1. The van der Waals surface area contributed by atoms with Crippen molar-refractivity contribution >= 4 is 33.4 Å². The first-order valence-corrected chi connectivity index (χ1v) is 7.28. The molecule has 1 N–H and O–H groups in total.